The molecule has 0 heterocycles. The van der Waals surface area contributed by atoms with Crippen molar-refractivity contribution in [3.63, 3.8) is 0 Å². The summed E-state index contributed by atoms with van der Waals surface area (Å²) in [6.07, 6.45) is 3.65. The molecule has 2 heteroatoms. The Labute approximate surface area is 117 Å². The molecule has 0 amide bonds. The summed E-state index contributed by atoms with van der Waals surface area (Å²) >= 11 is 6.24. The summed E-state index contributed by atoms with van der Waals surface area (Å²) in [7, 11) is 0. The van der Waals surface area contributed by atoms with E-state index in [0.29, 0.717) is 12.1 Å². The van der Waals surface area contributed by atoms with E-state index < -0.39 is 0 Å². The fourth-order valence-electron chi connectivity index (χ4n) is 2.27. The first kappa shape index (κ1) is 15.5. The molecule has 1 nitrogen and oxygen atoms in total. The highest BCUT2D eigenvalue weighted by atomic mass is 35.5. The van der Waals surface area contributed by atoms with Crippen LogP contribution >= 0.6 is 11.6 Å². The number of nitrogens with one attached hydrogen (secondary N) is 1. The summed E-state index contributed by atoms with van der Waals surface area (Å²) in [5.74, 6) is 0.779. The molecule has 1 N–H and O–H groups in total. The Morgan fingerprint density at radius 3 is 2.33 bits per heavy atom. The van der Waals surface area contributed by atoms with Crippen LogP contribution in [-0.2, 0) is 0 Å². The van der Waals surface area contributed by atoms with Crippen molar-refractivity contribution >= 4 is 11.6 Å². The highest BCUT2D eigenvalue weighted by molar-refractivity contribution is 6.31. The molecular formula is C16H26ClN. The van der Waals surface area contributed by atoms with Gasteiger partial charge in [-0.05, 0) is 37.3 Å². The smallest absolute Gasteiger partial charge is 0.0453 e. The van der Waals surface area contributed by atoms with Crippen LogP contribution in [0.4, 0.5) is 0 Å². The van der Waals surface area contributed by atoms with Gasteiger partial charge < -0.3 is 5.32 Å². The first-order valence-corrected chi connectivity index (χ1v) is 7.46. The van der Waals surface area contributed by atoms with Gasteiger partial charge in [-0.15, -0.1) is 0 Å². The van der Waals surface area contributed by atoms with Gasteiger partial charge in [0, 0.05) is 17.1 Å². The summed E-state index contributed by atoms with van der Waals surface area (Å²) in [4.78, 5) is 0. The molecule has 1 aromatic rings. The Hall–Kier alpha value is -0.530. The van der Waals surface area contributed by atoms with Crippen molar-refractivity contribution in [2.75, 3.05) is 0 Å². The Morgan fingerprint density at radius 1 is 1.11 bits per heavy atom. The summed E-state index contributed by atoms with van der Waals surface area (Å²) < 4.78 is 0. The Bertz CT molecular complexity index is 351. The highest BCUT2D eigenvalue weighted by Gasteiger charge is 2.15. The van der Waals surface area contributed by atoms with Gasteiger partial charge in [-0.2, -0.15) is 0 Å². The fourth-order valence-corrected chi connectivity index (χ4v) is 2.57. The van der Waals surface area contributed by atoms with Gasteiger partial charge in [0.1, 0.15) is 0 Å². The van der Waals surface area contributed by atoms with E-state index in [9.17, 15) is 0 Å². The summed E-state index contributed by atoms with van der Waals surface area (Å²) in [5.41, 5.74) is 1.20. The SMILES string of the molecule is CCC(C)CC(CC)N[C@H](C)c1ccccc1Cl. The molecule has 0 spiro atoms. The molecular weight excluding hydrogens is 242 g/mol. The van der Waals surface area contributed by atoms with E-state index >= 15 is 0 Å². The van der Waals surface area contributed by atoms with Crippen LogP contribution in [0.25, 0.3) is 0 Å². The van der Waals surface area contributed by atoms with Crippen LogP contribution in [0.2, 0.25) is 5.02 Å². The van der Waals surface area contributed by atoms with Crippen LogP contribution in [0, 0.1) is 5.92 Å². The molecule has 0 bridgehead atoms. The maximum Gasteiger partial charge on any atom is 0.0453 e. The van der Waals surface area contributed by atoms with E-state index in [4.69, 9.17) is 11.6 Å². The van der Waals surface area contributed by atoms with Gasteiger partial charge in [-0.3, -0.25) is 0 Å². The zero-order valence-electron chi connectivity index (χ0n) is 12.0. The minimum Gasteiger partial charge on any atom is -0.307 e. The van der Waals surface area contributed by atoms with Gasteiger partial charge in [0.05, 0.1) is 0 Å². The monoisotopic (exact) mass is 267 g/mol. The second-order valence-electron chi connectivity index (χ2n) is 5.26. The third-order valence-electron chi connectivity index (χ3n) is 3.73. The van der Waals surface area contributed by atoms with Crippen molar-refractivity contribution in [1.82, 2.24) is 5.32 Å². The topological polar surface area (TPSA) is 12.0 Å². The van der Waals surface area contributed by atoms with Crippen molar-refractivity contribution in [2.24, 2.45) is 5.92 Å². The van der Waals surface area contributed by atoms with Gasteiger partial charge in [0.15, 0.2) is 0 Å². The number of benzene rings is 1. The molecule has 0 aliphatic rings. The minimum atomic E-state index is 0.313. The molecule has 0 aliphatic heterocycles. The van der Waals surface area contributed by atoms with Crippen LogP contribution in [0.5, 0.6) is 0 Å². The number of hydrogen-bond donors (Lipinski definition) is 1. The van der Waals surface area contributed by atoms with Crippen LogP contribution in [0.15, 0.2) is 24.3 Å². The van der Waals surface area contributed by atoms with Crippen LogP contribution < -0.4 is 5.32 Å². The molecule has 0 aliphatic carbocycles. The van der Waals surface area contributed by atoms with E-state index in [2.05, 4.69) is 45.1 Å². The summed E-state index contributed by atoms with van der Waals surface area (Å²) in [5, 5.41) is 4.56. The maximum atomic E-state index is 6.24. The molecule has 0 fully saturated rings. The van der Waals surface area contributed by atoms with Gasteiger partial charge in [0.2, 0.25) is 0 Å². The zero-order chi connectivity index (χ0) is 13.5. The summed E-state index contributed by atoms with van der Waals surface area (Å²) in [6, 6.07) is 8.99. The highest BCUT2D eigenvalue weighted by Crippen LogP contribution is 2.24. The third kappa shape index (κ3) is 4.62. The molecule has 3 atom stereocenters. The largest absolute Gasteiger partial charge is 0.307 e. The van der Waals surface area contributed by atoms with Crippen molar-refractivity contribution in [3.05, 3.63) is 34.9 Å². The number of hydrogen-bond acceptors (Lipinski definition) is 1. The second-order valence-corrected chi connectivity index (χ2v) is 5.67. The Morgan fingerprint density at radius 2 is 1.78 bits per heavy atom. The molecule has 0 saturated carbocycles. The number of rotatable bonds is 7. The predicted molar refractivity (Wildman–Crippen MR) is 81.2 cm³/mol. The third-order valence-corrected chi connectivity index (χ3v) is 4.08. The quantitative estimate of drug-likeness (QED) is 0.715. The molecule has 18 heavy (non-hydrogen) atoms. The molecule has 2 unspecified atom stereocenters. The normalized spacial score (nSPS) is 16.3. The number of halogens is 1. The van der Waals surface area contributed by atoms with Crippen LogP contribution in [-0.4, -0.2) is 6.04 Å². The maximum absolute atomic E-state index is 6.24. The van der Waals surface area contributed by atoms with Crippen molar-refractivity contribution in [2.45, 2.75) is 59.0 Å². The lowest BCUT2D eigenvalue weighted by molar-refractivity contribution is 0.359. The van der Waals surface area contributed by atoms with Crippen molar-refractivity contribution < 1.29 is 0 Å². The molecule has 1 aromatic carbocycles. The second kappa shape index (κ2) is 7.81. The molecule has 0 saturated heterocycles. The van der Waals surface area contributed by atoms with E-state index in [1.54, 1.807) is 0 Å². The van der Waals surface area contributed by atoms with Gasteiger partial charge in [-0.1, -0.05) is 57.0 Å². The van der Waals surface area contributed by atoms with Crippen molar-refractivity contribution in [3.8, 4) is 0 Å². The average Bonchev–Trinajstić information content (AvgIpc) is 2.38. The lowest BCUT2D eigenvalue weighted by Crippen LogP contribution is -2.32. The van der Waals surface area contributed by atoms with E-state index in [-0.39, 0.29) is 0 Å². The van der Waals surface area contributed by atoms with Gasteiger partial charge in [0.25, 0.3) is 0 Å². The Balaban J connectivity index is 2.62. The van der Waals surface area contributed by atoms with E-state index in [0.717, 1.165) is 10.9 Å². The lowest BCUT2D eigenvalue weighted by Gasteiger charge is -2.25. The van der Waals surface area contributed by atoms with Gasteiger partial charge >= 0.3 is 0 Å². The van der Waals surface area contributed by atoms with Crippen molar-refractivity contribution in [1.29, 1.82) is 0 Å². The van der Waals surface area contributed by atoms with E-state index in [1.165, 1.54) is 24.8 Å². The first-order chi connectivity index (χ1) is 8.58. The molecule has 0 radical (unpaired) electrons. The van der Waals surface area contributed by atoms with Crippen LogP contribution in [0.3, 0.4) is 0 Å². The average molecular weight is 268 g/mol. The Kier molecular flexibility index (Phi) is 6.73. The summed E-state index contributed by atoms with van der Waals surface area (Å²) in [6.45, 7) is 9.03. The molecule has 102 valence electrons. The van der Waals surface area contributed by atoms with Crippen LogP contribution in [0.1, 0.15) is 58.6 Å². The molecule has 1 rings (SSSR count). The fraction of sp³-hybridized carbons (Fsp3) is 0.625. The zero-order valence-corrected chi connectivity index (χ0v) is 12.8. The lowest BCUT2D eigenvalue weighted by atomic mass is 9.96. The standard InChI is InChI=1S/C16H26ClN/c1-5-12(3)11-14(6-2)18-13(4)15-9-7-8-10-16(15)17/h7-10,12-14,18H,5-6,11H2,1-4H3/t12?,13-,14?/m1/s1. The van der Waals surface area contributed by atoms with E-state index in [1.807, 2.05) is 12.1 Å². The molecule has 0 aromatic heterocycles. The van der Waals surface area contributed by atoms with Gasteiger partial charge in [-0.25, -0.2) is 0 Å². The predicted octanol–water partition coefficient (Wildman–Crippen LogP) is 5.21. The minimum absolute atomic E-state index is 0.313. The first-order valence-electron chi connectivity index (χ1n) is 7.08.